The predicted molar refractivity (Wildman–Crippen MR) is 112 cm³/mol. The number of nitrogens with zero attached hydrogens (tertiary/aromatic N) is 3. The van der Waals surface area contributed by atoms with Crippen LogP contribution in [0.2, 0.25) is 0 Å². The van der Waals surface area contributed by atoms with E-state index >= 15 is 0 Å². The fourth-order valence-corrected chi connectivity index (χ4v) is 4.54. The summed E-state index contributed by atoms with van der Waals surface area (Å²) < 4.78 is 69.9. The van der Waals surface area contributed by atoms with E-state index in [2.05, 4.69) is 10.1 Å². The maximum absolute atomic E-state index is 12.8. The summed E-state index contributed by atoms with van der Waals surface area (Å²) in [7, 11) is -3.43. The van der Waals surface area contributed by atoms with Crippen molar-refractivity contribution >= 4 is 16.0 Å². The maximum atomic E-state index is 12.8. The van der Waals surface area contributed by atoms with Crippen molar-refractivity contribution in [3.05, 3.63) is 77.4 Å². The number of carbonyl (C=O) groups is 1. The molecule has 4 rings (SSSR count). The molecule has 13 heteroatoms. The fraction of sp³-hybridized carbons (Fsp3) is 0.286. The zero-order chi connectivity index (χ0) is 24.8. The molecule has 2 aromatic heterocycles. The number of fused-ring (bicyclic) bond motifs is 1. The van der Waals surface area contributed by atoms with E-state index in [-0.39, 0.29) is 18.9 Å². The molecule has 0 saturated carbocycles. The number of aromatic nitrogens is 2. The molecule has 0 fully saturated rings. The molecule has 1 aliphatic rings. The largest absolute Gasteiger partial charge is 0.490 e. The number of hydrogen-bond donors (Lipinski definition) is 1. The molecule has 3 heterocycles. The first-order valence-electron chi connectivity index (χ1n) is 9.87. The molecule has 1 aliphatic heterocycles. The molecule has 182 valence electrons. The molecule has 9 nitrogen and oxygen atoms in total. The van der Waals surface area contributed by atoms with Crippen LogP contribution in [0.5, 0.6) is 5.75 Å². The van der Waals surface area contributed by atoms with Crippen molar-refractivity contribution in [3.8, 4) is 5.75 Å². The third kappa shape index (κ3) is 6.78. The highest BCUT2D eigenvalue weighted by molar-refractivity contribution is 7.88. The second-order valence-electron chi connectivity index (χ2n) is 7.14. The number of ether oxygens (including phenoxy) is 1. The summed E-state index contributed by atoms with van der Waals surface area (Å²) in [4.78, 5) is 12.9. The van der Waals surface area contributed by atoms with E-state index in [4.69, 9.17) is 19.2 Å². The molecule has 0 aliphatic carbocycles. The molecule has 0 atom stereocenters. The van der Waals surface area contributed by atoms with Gasteiger partial charge in [0.1, 0.15) is 23.8 Å². The number of halogens is 3. The number of carboxylic acids is 1. The average Bonchev–Trinajstić information content (AvgIpc) is 3.21. The van der Waals surface area contributed by atoms with Gasteiger partial charge in [-0.3, -0.25) is 4.98 Å². The van der Waals surface area contributed by atoms with E-state index in [1.807, 2.05) is 30.3 Å². The van der Waals surface area contributed by atoms with Gasteiger partial charge in [0.05, 0.1) is 11.9 Å². The van der Waals surface area contributed by atoms with E-state index in [0.717, 1.165) is 16.9 Å². The van der Waals surface area contributed by atoms with Crippen molar-refractivity contribution in [1.82, 2.24) is 14.4 Å². The van der Waals surface area contributed by atoms with Gasteiger partial charge < -0.3 is 14.4 Å². The third-order valence-electron chi connectivity index (χ3n) is 4.71. The lowest BCUT2D eigenvalue weighted by Gasteiger charge is -2.25. The minimum absolute atomic E-state index is 0.0179. The predicted octanol–water partition coefficient (Wildman–Crippen LogP) is 3.17. The van der Waals surface area contributed by atoms with E-state index in [9.17, 15) is 21.6 Å². The van der Waals surface area contributed by atoms with Gasteiger partial charge in [-0.15, -0.1) is 0 Å². The van der Waals surface area contributed by atoms with Crippen LogP contribution in [0.3, 0.4) is 0 Å². The number of sulfonamides is 1. The summed E-state index contributed by atoms with van der Waals surface area (Å²) in [6, 6.07) is 12.8. The van der Waals surface area contributed by atoms with Gasteiger partial charge in [-0.2, -0.15) is 17.5 Å². The van der Waals surface area contributed by atoms with Crippen molar-refractivity contribution in [1.29, 1.82) is 0 Å². The van der Waals surface area contributed by atoms with Crippen molar-refractivity contribution in [2.24, 2.45) is 0 Å². The van der Waals surface area contributed by atoms with Crippen molar-refractivity contribution in [3.63, 3.8) is 0 Å². The van der Waals surface area contributed by atoms with Gasteiger partial charge in [-0.25, -0.2) is 13.2 Å². The number of carboxylic acid groups (broad SMARTS) is 1. The Morgan fingerprint density at radius 2 is 1.88 bits per heavy atom. The van der Waals surface area contributed by atoms with Gasteiger partial charge >= 0.3 is 12.1 Å². The van der Waals surface area contributed by atoms with E-state index in [1.54, 1.807) is 24.5 Å². The molecule has 0 spiro atoms. The lowest BCUT2D eigenvalue weighted by Crippen LogP contribution is -2.36. The summed E-state index contributed by atoms with van der Waals surface area (Å²) >= 11 is 0. The molecule has 1 N–H and O–H groups in total. The normalized spacial score (nSPS) is 14.0. The number of alkyl halides is 3. The summed E-state index contributed by atoms with van der Waals surface area (Å²) in [5.41, 5.74) is 2.18. The van der Waals surface area contributed by atoms with Gasteiger partial charge in [0, 0.05) is 31.3 Å². The first-order chi connectivity index (χ1) is 16.1. The van der Waals surface area contributed by atoms with Crippen LogP contribution < -0.4 is 4.74 Å². The molecule has 0 amide bonds. The Morgan fingerprint density at radius 3 is 2.50 bits per heavy atom. The fourth-order valence-electron chi connectivity index (χ4n) is 3.05. The molecule has 0 saturated heterocycles. The lowest BCUT2D eigenvalue weighted by atomic mass is 10.1. The first kappa shape index (κ1) is 25.2. The summed E-state index contributed by atoms with van der Waals surface area (Å²) in [6.45, 7) is 0.844. The van der Waals surface area contributed by atoms with Crippen LogP contribution >= 0.6 is 0 Å². The molecule has 3 aromatic rings. The highest BCUT2D eigenvalue weighted by Crippen LogP contribution is 2.26. The van der Waals surface area contributed by atoms with Crippen LogP contribution in [-0.4, -0.2) is 46.7 Å². The van der Waals surface area contributed by atoms with E-state index in [1.165, 1.54) is 4.31 Å². The Morgan fingerprint density at radius 1 is 1.18 bits per heavy atom. The van der Waals surface area contributed by atoms with Gasteiger partial charge in [0.25, 0.3) is 0 Å². The molecular weight excluding hydrogens is 479 g/mol. The molecule has 34 heavy (non-hydrogen) atoms. The highest BCUT2D eigenvalue weighted by atomic mass is 32.2. The lowest BCUT2D eigenvalue weighted by molar-refractivity contribution is -0.192. The number of benzene rings is 1. The summed E-state index contributed by atoms with van der Waals surface area (Å²) in [5.74, 6) is -1.42. The van der Waals surface area contributed by atoms with Gasteiger partial charge in [-0.05, 0) is 17.7 Å². The van der Waals surface area contributed by atoms with Crippen molar-refractivity contribution < 1.29 is 40.8 Å². The number of aliphatic carboxylic acids is 1. The summed E-state index contributed by atoms with van der Waals surface area (Å²) in [5, 5.41) is 11.2. The first-order valence-corrected chi connectivity index (χ1v) is 11.5. The molecule has 0 bridgehead atoms. The van der Waals surface area contributed by atoms with E-state index < -0.39 is 22.2 Å². The van der Waals surface area contributed by atoms with Crippen LogP contribution in [0.1, 0.15) is 22.6 Å². The van der Waals surface area contributed by atoms with Crippen LogP contribution in [0, 0.1) is 0 Å². The minimum atomic E-state index is -5.08. The maximum Gasteiger partial charge on any atom is 0.490 e. The zero-order valence-corrected chi connectivity index (χ0v) is 18.4. The van der Waals surface area contributed by atoms with Gasteiger partial charge in [-0.1, -0.05) is 35.5 Å². The van der Waals surface area contributed by atoms with Crippen LogP contribution in [0.25, 0.3) is 0 Å². The number of rotatable bonds is 6. The monoisotopic (exact) mass is 499 g/mol. The molecule has 1 aromatic carbocycles. The van der Waals surface area contributed by atoms with E-state index in [0.29, 0.717) is 24.4 Å². The Labute approximate surface area is 192 Å². The smallest absolute Gasteiger partial charge is 0.486 e. The Bertz CT molecular complexity index is 1200. The average molecular weight is 499 g/mol. The Hall–Kier alpha value is -3.45. The Balaban J connectivity index is 0.000000406. The standard InChI is InChI=1S/C19H19N3O4S.C2HF3O2/c23-27(24,14-15-5-2-1-3-6-15)22-10-8-19-17(12-22)18(21-26-19)13-25-16-7-4-9-20-11-16;3-2(4,5)1(6)7/h1-7,9,11H,8,10,12-14H2;(H,6,7). The molecule has 0 radical (unpaired) electrons. The minimum Gasteiger partial charge on any atom is -0.486 e. The Kier molecular flexibility index (Phi) is 7.89. The van der Waals surface area contributed by atoms with Crippen LogP contribution in [0.4, 0.5) is 13.2 Å². The quantitative estimate of drug-likeness (QED) is 0.549. The van der Waals surface area contributed by atoms with Gasteiger partial charge in [0.2, 0.25) is 10.0 Å². The molecule has 0 unspecified atom stereocenters. The SMILES string of the molecule is O=C(O)C(F)(F)F.O=S(=O)(Cc1ccccc1)N1CCc2onc(COc3cccnc3)c2C1. The molecular formula is C21H20F3N3O6S. The van der Waals surface area contributed by atoms with Crippen LogP contribution in [0.15, 0.2) is 59.4 Å². The second-order valence-corrected chi connectivity index (χ2v) is 9.11. The highest BCUT2D eigenvalue weighted by Gasteiger charge is 2.38. The number of pyridine rings is 1. The zero-order valence-electron chi connectivity index (χ0n) is 17.6. The van der Waals surface area contributed by atoms with Gasteiger partial charge in [0.15, 0.2) is 0 Å². The third-order valence-corrected chi connectivity index (χ3v) is 6.51. The topological polar surface area (TPSA) is 123 Å². The van der Waals surface area contributed by atoms with Crippen LogP contribution in [-0.2, 0) is 40.1 Å². The second kappa shape index (κ2) is 10.7. The van der Waals surface area contributed by atoms with Crippen molar-refractivity contribution in [2.45, 2.75) is 31.5 Å². The van der Waals surface area contributed by atoms with Crippen molar-refractivity contribution in [2.75, 3.05) is 6.54 Å². The summed E-state index contributed by atoms with van der Waals surface area (Å²) in [6.07, 6.45) is -1.30. The number of hydrogen-bond acceptors (Lipinski definition) is 7.